The first kappa shape index (κ1) is 10.3. The molecule has 0 amide bonds. The Labute approximate surface area is 88.9 Å². The van der Waals surface area contributed by atoms with Crippen LogP contribution in [0.2, 0.25) is 0 Å². The van der Waals surface area contributed by atoms with Crippen LogP contribution in [0.1, 0.15) is 6.42 Å². The molecule has 1 aromatic carbocycles. The number of hydrogen-bond donors (Lipinski definition) is 2. The summed E-state index contributed by atoms with van der Waals surface area (Å²) in [5.41, 5.74) is 0.761. The maximum absolute atomic E-state index is 11.2. The van der Waals surface area contributed by atoms with Gasteiger partial charge in [-0.15, -0.1) is 0 Å². The van der Waals surface area contributed by atoms with Crippen LogP contribution in [0.15, 0.2) is 24.3 Å². The molecule has 2 N–H and O–H groups in total. The highest BCUT2D eigenvalue weighted by Gasteiger charge is 2.27. The molecule has 1 atom stereocenters. The summed E-state index contributed by atoms with van der Waals surface area (Å²) in [6.45, 7) is 0. The second-order valence-electron chi connectivity index (χ2n) is 3.79. The number of rotatable bonds is 2. The summed E-state index contributed by atoms with van der Waals surface area (Å²) in [6.07, 6.45) is 0.637. The van der Waals surface area contributed by atoms with E-state index in [0.29, 0.717) is 6.42 Å². The highest BCUT2D eigenvalue weighted by molar-refractivity contribution is 7.91. The lowest BCUT2D eigenvalue weighted by atomic mass is 10.2. The average Bonchev–Trinajstić information content (AvgIpc) is 2.45. The summed E-state index contributed by atoms with van der Waals surface area (Å²) in [5.74, 6) is 0.618. The molecule has 0 saturated carbocycles. The summed E-state index contributed by atoms with van der Waals surface area (Å²) >= 11 is 0. The van der Waals surface area contributed by atoms with Crippen LogP contribution in [0.25, 0.3) is 0 Å². The van der Waals surface area contributed by atoms with E-state index < -0.39 is 9.84 Å². The molecule has 0 radical (unpaired) electrons. The Bertz CT molecular complexity index is 455. The quantitative estimate of drug-likeness (QED) is 0.790. The van der Waals surface area contributed by atoms with Crippen LogP contribution in [0.5, 0.6) is 5.75 Å². The molecule has 1 aromatic rings. The van der Waals surface area contributed by atoms with Gasteiger partial charge in [0.05, 0.1) is 11.5 Å². The van der Waals surface area contributed by atoms with Gasteiger partial charge >= 0.3 is 0 Å². The van der Waals surface area contributed by atoms with Crippen LogP contribution < -0.4 is 5.32 Å². The van der Waals surface area contributed by atoms with E-state index >= 15 is 0 Å². The minimum Gasteiger partial charge on any atom is -0.508 e. The second kappa shape index (κ2) is 3.73. The van der Waals surface area contributed by atoms with E-state index in [-0.39, 0.29) is 23.3 Å². The van der Waals surface area contributed by atoms with Crippen molar-refractivity contribution in [2.45, 2.75) is 12.5 Å². The topological polar surface area (TPSA) is 66.4 Å². The van der Waals surface area contributed by atoms with Crippen molar-refractivity contribution in [2.24, 2.45) is 0 Å². The van der Waals surface area contributed by atoms with E-state index in [1.807, 2.05) is 6.07 Å². The largest absolute Gasteiger partial charge is 0.508 e. The van der Waals surface area contributed by atoms with Crippen LogP contribution in [-0.4, -0.2) is 31.1 Å². The van der Waals surface area contributed by atoms with Gasteiger partial charge in [0.25, 0.3) is 0 Å². The Balaban J connectivity index is 2.05. The van der Waals surface area contributed by atoms with E-state index in [1.165, 1.54) is 0 Å². The fourth-order valence-electron chi connectivity index (χ4n) is 1.74. The van der Waals surface area contributed by atoms with Gasteiger partial charge in [0.1, 0.15) is 5.75 Å². The van der Waals surface area contributed by atoms with Crippen molar-refractivity contribution in [3.8, 4) is 5.75 Å². The number of phenolic OH excluding ortho intramolecular Hbond substituents is 1. The first-order valence-corrected chi connectivity index (χ1v) is 6.63. The molecule has 1 fully saturated rings. The van der Waals surface area contributed by atoms with Gasteiger partial charge in [0.15, 0.2) is 9.84 Å². The molecule has 1 aliphatic heterocycles. The summed E-state index contributed by atoms with van der Waals surface area (Å²) < 4.78 is 22.4. The smallest absolute Gasteiger partial charge is 0.152 e. The lowest BCUT2D eigenvalue weighted by Gasteiger charge is -2.12. The van der Waals surface area contributed by atoms with Gasteiger partial charge in [0.2, 0.25) is 0 Å². The van der Waals surface area contributed by atoms with Gasteiger partial charge < -0.3 is 10.4 Å². The van der Waals surface area contributed by atoms with E-state index in [9.17, 15) is 13.5 Å². The van der Waals surface area contributed by atoms with Crippen molar-refractivity contribution >= 4 is 15.5 Å². The number of anilines is 1. The van der Waals surface area contributed by atoms with Crippen molar-refractivity contribution in [2.75, 3.05) is 16.8 Å². The monoisotopic (exact) mass is 227 g/mol. The molecule has 2 rings (SSSR count). The van der Waals surface area contributed by atoms with Crippen molar-refractivity contribution in [3.63, 3.8) is 0 Å². The van der Waals surface area contributed by atoms with Crippen molar-refractivity contribution in [1.29, 1.82) is 0 Å². The standard InChI is InChI=1S/C10H13NO3S/c12-10-3-1-2-8(6-10)11-9-4-5-15(13,14)7-9/h1-3,6,9,11-12H,4-5,7H2. The third-order valence-corrected chi connectivity index (χ3v) is 4.22. The molecular formula is C10H13NO3S. The number of nitrogens with one attached hydrogen (secondary N) is 1. The molecule has 4 nitrogen and oxygen atoms in total. The third-order valence-electron chi connectivity index (χ3n) is 2.45. The first-order chi connectivity index (χ1) is 7.05. The van der Waals surface area contributed by atoms with Gasteiger partial charge in [-0.2, -0.15) is 0 Å². The van der Waals surface area contributed by atoms with Crippen molar-refractivity contribution in [3.05, 3.63) is 24.3 Å². The highest BCUT2D eigenvalue weighted by Crippen LogP contribution is 2.20. The van der Waals surface area contributed by atoms with E-state index in [2.05, 4.69) is 5.32 Å². The van der Waals surface area contributed by atoms with Crippen LogP contribution in [0, 0.1) is 0 Å². The average molecular weight is 227 g/mol. The summed E-state index contributed by atoms with van der Waals surface area (Å²) in [7, 11) is -2.85. The van der Waals surface area contributed by atoms with Gasteiger partial charge in [-0.25, -0.2) is 8.42 Å². The van der Waals surface area contributed by atoms with E-state index in [0.717, 1.165) is 5.69 Å². The molecular weight excluding hydrogens is 214 g/mol. The van der Waals surface area contributed by atoms with Gasteiger partial charge in [0, 0.05) is 17.8 Å². The number of benzene rings is 1. The van der Waals surface area contributed by atoms with Gasteiger partial charge in [-0.05, 0) is 18.6 Å². The number of phenols is 1. The maximum Gasteiger partial charge on any atom is 0.152 e. The Morgan fingerprint density at radius 1 is 1.40 bits per heavy atom. The summed E-state index contributed by atoms with van der Waals surface area (Å²) in [6, 6.07) is 6.67. The van der Waals surface area contributed by atoms with Crippen molar-refractivity contribution < 1.29 is 13.5 Å². The molecule has 1 heterocycles. The Kier molecular flexibility index (Phi) is 2.56. The van der Waals surface area contributed by atoms with Gasteiger partial charge in [-0.3, -0.25) is 0 Å². The van der Waals surface area contributed by atoms with E-state index in [1.54, 1.807) is 18.2 Å². The predicted molar refractivity (Wildman–Crippen MR) is 58.8 cm³/mol. The summed E-state index contributed by atoms with van der Waals surface area (Å²) in [4.78, 5) is 0. The maximum atomic E-state index is 11.2. The lowest BCUT2D eigenvalue weighted by molar-refractivity contribution is 0.475. The fourth-order valence-corrected chi connectivity index (χ4v) is 3.41. The molecule has 0 aromatic heterocycles. The Hall–Kier alpha value is -1.23. The normalized spacial score (nSPS) is 23.9. The number of sulfone groups is 1. The SMILES string of the molecule is O=S1(=O)CCC(Nc2cccc(O)c2)C1. The van der Waals surface area contributed by atoms with Crippen LogP contribution in [0.4, 0.5) is 5.69 Å². The predicted octanol–water partition coefficient (Wildman–Crippen LogP) is 0.991. The number of hydrogen-bond acceptors (Lipinski definition) is 4. The minimum absolute atomic E-state index is 0.0307. The molecule has 0 spiro atoms. The fraction of sp³-hybridized carbons (Fsp3) is 0.400. The zero-order chi connectivity index (χ0) is 10.9. The lowest BCUT2D eigenvalue weighted by Crippen LogP contribution is -2.20. The van der Waals surface area contributed by atoms with Crippen LogP contribution in [0.3, 0.4) is 0 Å². The Morgan fingerprint density at radius 3 is 2.80 bits per heavy atom. The van der Waals surface area contributed by atoms with Crippen molar-refractivity contribution in [1.82, 2.24) is 0 Å². The zero-order valence-corrected chi connectivity index (χ0v) is 9.00. The molecule has 1 unspecified atom stereocenters. The molecule has 82 valence electrons. The van der Waals surface area contributed by atoms with Gasteiger partial charge in [-0.1, -0.05) is 6.07 Å². The molecule has 15 heavy (non-hydrogen) atoms. The third kappa shape index (κ3) is 2.62. The first-order valence-electron chi connectivity index (χ1n) is 4.81. The Morgan fingerprint density at radius 2 is 2.20 bits per heavy atom. The zero-order valence-electron chi connectivity index (χ0n) is 8.18. The molecule has 0 bridgehead atoms. The molecule has 1 saturated heterocycles. The molecule has 5 heteroatoms. The van der Waals surface area contributed by atoms with E-state index in [4.69, 9.17) is 0 Å². The number of aromatic hydroxyl groups is 1. The minimum atomic E-state index is -2.85. The highest BCUT2D eigenvalue weighted by atomic mass is 32.2. The summed E-state index contributed by atoms with van der Waals surface area (Å²) in [5, 5.41) is 12.3. The molecule has 0 aliphatic carbocycles. The van der Waals surface area contributed by atoms with Crippen LogP contribution >= 0.6 is 0 Å². The van der Waals surface area contributed by atoms with Crippen LogP contribution in [-0.2, 0) is 9.84 Å². The second-order valence-corrected chi connectivity index (χ2v) is 6.02. The molecule has 1 aliphatic rings.